The first-order valence-corrected chi connectivity index (χ1v) is 5.37. The fourth-order valence-electron chi connectivity index (χ4n) is 1.93. The van der Waals surface area contributed by atoms with E-state index in [2.05, 4.69) is 22.1 Å². The van der Waals surface area contributed by atoms with Crippen molar-refractivity contribution >= 4 is 12.0 Å². The SMILES string of the molecule is C=C1COC(c2cc3c(nn2)CC=C3)C(=O)N1. The zero-order chi connectivity index (χ0) is 11.8. The van der Waals surface area contributed by atoms with Gasteiger partial charge in [-0.05, 0) is 11.6 Å². The molecule has 0 aromatic carbocycles. The van der Waals surface area contributed by atoms with Crippen molar-refractivity contribution in [2.45, 2.75) is 12.5 Å². The summed E-state index contributed by atoms with van der Waals surface area (Å²) in [6.45, 7) is 3.96. The smallest absolute Gasteiger partial charge is 0.259 e. The average molecular weight is 229 g/mol. The first-order valence-electron chi connectivity index (χ1n) is 5.37. The highest BCUT2D eigenvalue weighted by molar-refractivity contribution is 5.84. The van der Waals surface area contributed by atoms with Gasteiger partial charge in [-0.15, -0.1) is 0 Å². The highest BCUT2D eigenvalue weighted by Crippen LogP contribution is 2.24. The van der Waals surface area contributed by atoms with Crippen molar-refractivity contribution in [2.75, 3.05) is 6.61 Å². The summed E-state index contributed by atoms with van der Waals surface area (Å²) in [6, 6.07) is 1.85. The Hall–Kier alpha value is -2.01. The summed E-state index contributed by atoms with van der Waals surface area (Å²) in [6.07, 6.45) is 4.11. The summed E-state index contributed by atoms with van der Waals surface area (Å²) in [4.78, 5) is 11.7. The molecule has 1 aromatic rings. The minimum absolute atomic E-state index is 0.238. The Balaban J connectivity index is 1.91. The largest absolute Gasteiger partial charge is 0.356 e. The molecule has 0 radical (unpaired) electrons. The molecule has 86 valence electrons. The molecular formula is C12H11N3O2. The number of carbonyl (C=O) groups is 1. The highest BCUT2D eigenvalue weighted by Gasteiger charge is 2.28. The third-order valence-corrected chi connectivity index (χ3v) is 2.76. The summed E-state index contributed by atoms with van der Waals surface area (Å²) in [5.41, 5.74) is 3.06. The van der Waals surface area contributed by atoms with Crippen molar-refractivity contribution in [2.24, 2.45) is 0 Å². The van der Waals surface area contributed by atoms with Crippen LogP contribution in [0, 0.1) is 0 Å². The molecule has 1 unspecified atom stereocenters. The highest BCUT2D eigenvalue weighted by atomic mass is 16.5. The lowest BCUT2D eigenvalue weighted by Crippen LogP contribution is -2.37. The molecule has 1 aromatic heterocycles. The number of rotatable bonds is 1. The molecule has 1 fully saturated rings. The Labute approximate surface area is 98.2 Å². The first-order chi connectivity index (χ1) is 8.24. The summed E-state index contributed by atoms with van der Waals surface area (Å²) in [5.74, 6) is -0.238. The van der Waals surface area contributed by atoms with Crippen LogP contribution < -0.4 is 5.32 Å². The third-order valence-electron chi connectivity index (χ3n) is 2.76. The van der Waals surface area contributed by atoms with Crippen LogP contribution in [0.5, 0.6) is 0 Å². The number of nitrogens with zero attached hydrogens (tertiary/aromatic N) is 2. The number of allylic oxidation sites excluding steroid dienone is 1. The molecule has 0 spiro atoms. The van der Waals surface area contributed by atoms with Crippen molar-refractivity contribution in [1.29, 1.82) is 0 Å². The molecule has 1 amide bonds. The van der Waals surface area contributed by atoms with Gasteiger partial charge in [0.15, 0.2) is 6.10 Å². The second-order valence-corrected chi connectivity index (χ2v) is 4.06. The predicted molar refractivity (Wildman–Crippen MR) is 60.7 cm³/mol. The molecule has 1 aliphatic heterocycles. The lowest BCUT2D eigenvalue weighted by atomic mass is 10.1. The summed E-state index contributed by atoms with van der Waals surface area (Å²) in [7, 11) is 0. The Morgan fingerprint density at radius 3 is 3.18 bits per heavy atom. The fourth-order valence-corrected chi connectivity index (χ4v) is 1.93. The predicted octanol–water partition coefficient (Wildman–Crippen LogP) is 0.747. The van der Waals surface area contributed by atoms with E-state index in [0.717, 1.165) is 17.7 Å². The fraction of sp³-hybridized carbons (Fsp3) is 0.250. The molecule has 1 saturated heterocycles. The number of ether oxygens (including phenoxy) is 1. The van der Waals surface area contributed by atoms with Gasteiger partial charge in [-0.3, -0.25) is 4.79 Å². The Kier molecular flexibility index (Phi) is 2.26. The van der Waals surface area contributed by atoms with Gasteiger partial charge >= 0.3 is 0 Å². The van der Waals surface area contributed by atoms with Crippen molar-refractivity contribution in [3.8, 4) is 0 Å². The Morgan fingerprint density at radius 2 is 2.35 bits per heavy atom. The third kappa shape index (κ3) is 1.74. The van der Waals surface area contributed by atoms with E-state index in [1.165, 1.54) is 0 Å². The lowest BCUT2D eigenvalue weighted by molar-refractivity contribution is -0.135. The van der Waals surface area contributed by atoms with Gasteiger partial charge in [-0.1, -0.05) is 18.7 Å². The van der Waals surface area contributed by atoms with Gasteiger partial charge in [-0.2, -0.15) is 10.2 Å². The van der Waals surface area contributed by atoms with E-state index >= 15 is 0 Å². The number of carbonyl (C=O) groups excluding carboxylic acids is 1. The molecule has 17 heavy (non-hydrogen) atoms. The van der Waals surface area contributed by atoms with Crippen molar-refractivity contribution in [3.63, 3.8) is 0 Å². The molecule has 1 aliphatic carbocycles. The van der Waals surface area contributed by atoms with E-state index in [4.69, 9.17) is 4.74 Å². The van der Waals surface area contributed by atoms with Crippen LogP contribution in [-0.4, -0.2) is 22.7 Å². The van der Waals surface area contributed by atoms with E-state index < -0.39 is 6.10 Å². The number of aromatic nitrogens is 2. The van der Waals surface area contributed by atoms with Crippen LogP contribution in [0.2, 0.25) is 0 Å². The van der Waals surface area contributed by atoms with Crippen molar-refractivity contribution in [1.82, 2.24) is 15.5 Å². The van der Waals surface area contributed by atoms with Gasteiger partial charge < -0.3 is 10.1 Å². The van der Waals surface area contributed by atoms with E-state index in [-0.39, 0.29) is 5.91 Å². The van der Waals surface area contributed by atoms with Crippen molar-refractivity contribution in [3.05, 3.63) is 41.4 Å². The maximum Gasteiger partial charge on any atom is 0.259 e. The number of nitrogens with one attached hydrogen (secondary N) is 1. The monoisotopic (exact) mass is 229 g/mol. The van der Waals surface area contributed by atoms with E-state index in [0.29, 0.717) is 18.0 Å². The van der Waals surface area contributed by atoms with Crippen LogP contribution in [0.25, 0.3) is 6.08 Å². The molecule has 2 aliphatic rings. The first kappa shape index (κ1) is 10.2. The summed E-state index contributed by atoms with van der Waals surface area (Å²) < 4.78 is 5.41. The van der Waals surface area contributed by atoms with Crippen LogP contribution in [-0.2, 0) is 16.0 Å². The van der Waals surface area contributed by atoms with Gasteiger partial charge in [0.25, 0.3) is 5.91 Å². The molecule has 3 rings (SSSR count). The van der Waals surface area contributed by atoms with Gasteiger partial charge in [0.05, 0.1) is 12.3 Å². The van der Waals surface area contributed by atoms with E-state index in [1.807, 2.05) is 18.2 Å². The second-order valence-electron chi connectivity index (χ2n) is 4.06. The standard InChI is InChI=1S/C12H11N3O2/c1-7-6-17-11(12(16)13-7)10-5-8-3-2-4-9(8)14-15-10/h2-3,5,11H,1,4,6H2,(H,13,16). The lowest BCUT2D eigenvalue weighted by Gasteiger charge is -2.23. The number of fused-ring (bicyclic) bond motifs is 1. The molecular weight excluding hydrogens is 218 g/mol. The molecule has 1 atom stereocenters. The van der Waals surface area contributed by atoms with Crippen LogP contribution in [0.4, 0.5) is 0 Å². The normalized spacial score (nSPS) is 22.5. The Bertz CT molecular complexity index is 537. The summed E-state index contributed by atoms with van der Waals surface area (Å²) >= 11 is 0. The second kappa shape index (κ2) is 3.78. The molecule has 5 nitrogen and oxygen atoms in total. The van der Waals surface area contributed by atoms with Gasteiger partial charge in [0.1, 0.15) is 5.69 Å². The van der Waals surface area contributed by atoms with E-state index in [9.17, 15) is 4.79 Å². The maximum absolute atomic E-state index is 11.7. The minimum atomic E-state index is -0.688. The molecule has 1 N–H and O–H groups in total. The van der Waals surface area contributed by atoms with Crippen LogP contribution in [0.3, 0.4) is 0 Å². The Morgan fingerprint density at radius 1 is 1.47 bits per heavy atom. The topological polar surface area (TPSA) is 64.1 Å². The van der Waals surface area contributed by atoms with Gasteiger partial charge in [-0.25, -0.2) is 0 Å². The number of amides is 1. The molecule has 0 bridgehead atoms. The maximum atomic E-state index is 11.7. The number of morpholine rings is 1. The van der Waals surface area contributed by atoms with Gasteiger partial charge in [0.2, 0.25) is 0 Å². The van der Waals surface area contributed by atoms with Gasteiger partial charge in [0, 0.05) is 12.1 Å². The number of hydrogen-bond donors (Lipinski definition) is 1. The quantitative estimate of drug-likeness (QED) is 0.771. The van der Waals surface area contributed by atoms with Crippen molar-refractivity contribution < 1.29 is 9.53 Å². The zero-order valence-electron chi connectivity index (χ0n) is 9.14. The van der Waals surface area contributed by atoms with E-state index in [1.54, 1.807) is 0 Å². The molecule has 2 heterocycles. The zero-order valence-corrected chi connectivity index (χ0v) is 9.14. The number of hydrogen-bond acceptors (Lipinski definition) is 4. The summed E-state index contributed by atoms with van der Waals surface area (Å²) in [5, 5.41) is 10.8. The average Bonchev–Trinajstić information content (AvgIpc) is 2.75. The molecule has 5 heteroatoms. The van der Waals surface area contributed by atoms with Crippen LogP contribution in [0.15, 0.2) is 24.4 Å². The minimum Gasteiger partial charge on any atom is -0.356 e. The van der Waals surface area contributed by atoms with Crippen LogP contribution in [0.1, 0.15) is 23.1 Å². The van der Waals surface area contributed by atoms with Crippen LogP contribution >= 0.6 is 0 Å². The molecule has 0 saturated carbocycles.